The molecule has 4 heteroatoms. The van der Waals surface area contributed by atoms with Gasteiger partial charge in [-0.1, -0.05) is 6.92 Å². The smallest absolute Gasteiger partial charge is 0.233 e. The molecule has 0 amide bonds. The molecule has 0 radical (unpaired) electrons. The number of nitrogens with zero attached hydrogens (tertiary/aromatic N) is 2. The van der Waals surface area contributed by atoms with E-state index >= 15 is 0 Å². The van der Waals surface area contributed by atoms with Crippen LogP contribution in [0.5, 0.6) is 5.88 Å². The second-order valence-electron chi connectivity index (χ2n) is 6.30. The lowest BCUT2D eigenvalue weighted by Crippen LogP contribution is -2.28. The van der Waals surface area contributed by atoms with E-state index in [0.29, 0.717) is 17.7 Å². The van der Waals surface area contributed by atoms with Gasteiger partial charge in [-0.05, 0) is 54.9 Å². The fraction of sp³-hybridized carbons (Fsp3) is 0.529. The van der Waals surface area contributed by atoms with Crippen LogP contribution in [0, 0.1) is 0 Å². The second-order valence-corrected chi connectivity index (χ2v) is 6.30. The van der Waals surface area contributed by atoms with Gasteiger partial charge in [0, 0.05) is 13.1 Å². The van der Waals surface area contributed by atoms with Gasteiger partial charge in [0.25, 0.3) is 0 Å². The molecule has 2 aromatic rings. The Labute approximate surface area is 124 Å². The zero-order chi connectivity index (χ0) is 14.4. The lowest BCUT2D eigenvalue weighted by atomic mass is 9.98. The molecular weight excluding hydrogens is 262 g/mol. The van der Waals surface area contributed by atoms with E-state index < -0.39 is 0 Å². The van der Waals surface area contributed by atoms with E-state index in [1.165, 1.54) is 17.5 Å². The highest BCUT2D eigenvalue weighted by molar-refractivity contribution is 5.77. The van der Waals surface area contributed by atoms with Gasteiger partial charge in [-0.15, -0.1) is 0 Å². The summed E-state index contributed by atoms with van der Waals surface area (Å²) in [6.07, 6.45) is 4.17. The van der Waals surface area contributed by atoms with Crippen LogP contribution in [0.2, 0.25) is 0 Å². The molecule has 21 heavy (non-hydrogen) atoms. The lowest BCUT2D eigenvalue weighted by Gasteiger charge is -2.19. The Morgan fingerprint density at radius 1 is 1.24 bits per heavy atom. The number of fused-ring (bicyclic) bond motifs is 6. The minimum absolute atomic E-state index is 0.176. The number of hydrogen-bond acceptors (Lipinski definition) is 4. The Balaban J connectivity index is 1.76. The molecule has 110 valence electrons. The third-order valence-electron chi connectivity index (χ3n) is 4.85. The molecule has 4 nitrogen and oxygen atoms in total. The van der Waals surface area contributed by atoms with Crippen LogP contribution < -0.4 is 10.1 Å². The van der Waals surface area contributed by atoms with Crippen LogP contribution in [0.1, 0.15) is 49.7 Å². The van der Waals surface area contributed by atoms with Gasteiger partial charge < -0.3 is 10.1 Å². The van der Waals surface area contributed by atoms with Crippen molar-refractivity contribution in [2.45, 2.75) is 44.6 Å². The molecular formula is C17H21N3O. The van der Waals surface area contributed by atoms with Crippen LogP contribution >= 0.6 is 0 Å². The molecule has 2 bridgehead atoms. The fourth-order valence-electron chi connectivity index (χ4n) is 3.54. The second kappa shape index (κ2) is 4.95. The molecule has 1 aliphatic carbocycles. The summed E-state index contributed by atoms with van der Waals surface area (Å²) in [6, 6.07) is 4.47. The van der Waals surface area contributed by atoms with Crippen molar-refractivity contribution in [3.8, 4) is 5.88 Å². The molecule has 1 N–H and O–H groups in total. The van der Waals surface area contributed by atoms with E-state index in [1.807, 2.05) is 0 Å². The molecule has 1 aromatic heterocycles. The normalized spacial score (nSPS) is 24.9. The van der Waals surface area contributed by atoms with Crippen molar-refractivity contribution in [3.05, 3.63) is 29.5 Å². The molecule has 3 atom stereocenters. The summed E-state index contributed by atoms with van der Waals surface area (Å²) in [5.41, 5.74) is 4.88. The lowest BCUT2D eigenvalue weighted by molar-refractivity contribution is 0.208. The van der Waals surface area contributed by atoms with Crippen molar-refractivity contribution >= 4 is 11.0 Å². The van der Waals surface area contributed by atoms with Gasteiger partial charge in [-0.25, -0.2) is 9.97 Å². The van der Waals surface area contributed by atoms with E-state index in [1.54, 1.807) is 6.20 Å². The van der Waals surface area contributed by atoms with Gasteiger partial charge in [-0.2, -0.15) is 0 Å². The average Bonchev–Trinajstić information content (AvgIpc) is 2.75. The summed E-state index contributed by atoms with van der Waals surface area (Å²) in [4.78, 5) is 9.20. The Kier molecular flexibility index (Phi) is 3.07. The van der Waals surface area contributed by atoms with Crippen molar-refractivity contribution in [2.75, 3.05) is 13.1 Å². The molecule has 1 saturated heterocycles. The van der Waals surface area contributed by atoms with Gasteiger partial charge in [-0.3, -0.25) is 0 Å². The number of aromatic nitrogens is 2. The predicted molar refractivity (Wildman–Crippen MR) is 82.9 cm³/mol. The highest BCUT2D eigenvalue weighted by Crippen LogP contribution is 2.44. The first-order valence-corrected chi connectivity index (χ1v) is 7.92. The number of hydrogen-bond donors (Lipinski definition) is 1. The van der Waals surface area contributed by atoms with Gasteiger partial charge in [0.15, 0.2) is 0 Å². The monoisotopic (exact) mass is 283 g/mol. The van der Waals surface area contributed by atoms with Crippen LogP contribution in [-0.4, -0.2) is 29.2 Å². The quantitative estimate of drug-likeness (QED) is 0.940. The maximum absolute atomic E-state index is 5.79. The summed E-state index contributed by atoms with van der Waals surface area (Å²) >= 11 is 0. The maximum Gasteiger partial charge on any atom is 0.233 e. The number of benzene rings is 1. The van der Waals surface area contributed by atoms with E-state index in [0.717, 1.165) is 30.5 Å². The van der Waals surface area contributed by atoms with Crippen LogP contribution in [0.15, 0.2) is 18.3 Å². The first-order valence-electron chi connectivity index (χ1n) is 7.92. The zero-order valence-corrected chi connectivity index (χ0v) is 12.6. The molecule has 2 heterocycles. The molecule has 1 fully saturated rings. The minimum Gasteiger partial charge on any atom is -0.474 e. The summed E-state index contributed by atoms with van der Waals surface area (Å²) in [6.45, 7) is 6.35. The SMILES string of the molecule is CCC(C)Oc1cnc2cc3c(cc2n1)C1CNCC3C1. The van der Waals surface area contributed by atoms with Gasteiger partial charge in [0.2, 0.25) is 5.88 Å². The van der Waals surface area contributed by atoms with Gasteiger partial charge in [0.05, 0.1) is 23.3 Å². The van der Waals surface area contributed by atoms with E-state index in [-0.39, 0.29) is 6.10 Å². The van der Waals surface area contributed by atoms with Crippen molar-refractivity contribution in [3.63, 3.8) is 0 Å². The third-order valence-corrected chi connectivity index (χ3v) is 4.85. The molecule has 2 aliphatic rings. The number of piperidine rings is 1. The van der Waals surface area contributed by atoms with Gasteiger partial charge in [0.1, 0.15) is 0 Å². The van der Waals surface area contributed by atoms with Crippen LogP contribution in [0.25, 0.3) is 11.0 Å². The first kappa shape index (κ1) is 13.0. The highest BCUT2D eigenvalue weighted by Gasteiger charge is 2.34. The minimum atomic E-state index is 0.176. The molecule has 3 unspecified atom stereocenters. The van der Waals surface area contributed by atoms with Crippen molar-refractivity contribution in [1.82, 2.24) is 15.3 Å². The van der Waals surface area contributed by atoms with Crippen LogP contribution in [-0.2, 0) is 0 Å². The maximum atomic E-state index is 5.79. The van der Waals surface area contributed by atoms with Gasteiger partial charge >= 0.3 is 0 Å². The number of nitrogens with one attached hydrogen (secondary N) is 1. The highest BCUT2D eigenvalue weighted by atomic mass is 16.5. The Morgan fingerprint density at radius 3 is 2.67 bits per heavy atom. The number of rotatable bonds is 3. The Hall–Kier alpha value is -1.68. The van der Waals surface area contributed by atoms with Crippen LogP contribution in [0.3, 0.4) is 0 Å². The van der Waals surface area contributed by atoms with E-state index in [9.17, 15) is 0 Å². The van der Waals surface area contributed by atoms with Crippen molar-refractivity contribution in [2.24, 2.45) is 0 Å². The molecule has 4 rings (SSSR count). The van der Waals surface area contributed by atoms with E-state index in [4.69, 9.17) is 4.74 Å². The topological polar surface area (TPSA) is 47.0 Å². The summed E-state index contributed by atoms with van der Waals surface area (Å²) < 4.78 is 5.79. The Morgan fingerprint density at radius 2 is 1.95 bits per heavy atom. The van der Waals surface area contributed by atoms with Crippen molar-refractivity contribution in [1.29, 1.82) is 0 Å². The fourth-order valence-corrected chi connectivity index (χ4v) is 3.54. The Bertz CT molecular complexity index is 685. The van der Waals surface area contributed by atoms with Crippen LogP contribution in [0.4, 0.5) is 0 Å². The average molecular weight is 283 g/mol. The molecule has 0 saturated carbocycles. The summed E-state index contributed by atoms with van der Waals surface area (Å²) in [5, 5.41) is 3.53. The molecule has 0 spiro atoms. The van der Waals surface area contributed by atoms with E-state index in [2.05, 4.69) is 41.3 Å². The third kappa shape index (κ3) is 2.18. The predicted octanol–water partition coefficient (Wildman–Crippen LogP) is 2.98. The number of ether oxygens (including phenoxy) is 1. The summed E-state index contributed by atoms with van der Waals surface area (Å²) in [5.74, 6) is 1.93. The molecule has 1 aromatic carbocycles. The first-order chi connectivity index (χ1) is 10.2. The molecule has 1 aliphatic heterocycles. The standard InChI is InChI=1S/C17H21N3O/c1-3-10(2)21-17-9-19-15-5-13-11-4-12(8-18-7-11)14(13)6-16(15)20-17/h5-6,9-12,18H,3-4,7-8H2,1-2H3. The largest absolute Gasteiger partial charge is 0.474 e. The summed E-state index contributed by atoms with van der Waals surface area (Å²) in [7, 11) is 0. The zero-order valence-electron chi connectivity index (χ0n) is 12.6. The van der Waals surface area contributed by atoms with Crippen molar-refractivity contribution < 1.29 is 4.74 Å².